The number of hydrogen-bond donors (Lipinski definition) is 1. The second kappa shape index (κ2) is 3.07. The molecule has 1 rings (SSSR count). The van der Waals surface area contributed by atoms with Crippen LogP contribution in [0.1, 0.15) is 6.92 Å². The molecule has 10 heavy (non-hydrogen) atoms. The van der Waals surface area contributed by atoms with Crippen LogP contribution in [0.3, 0.4) is 0 Å². The van der Waals surface area contributed by atoms with Gasteiger partial charge >= 0.3 is 0 Å². The van der Waals surface area contributed by atoms with Gasteiger partial charge in [0.05, 0.1) is 11.5 Å². The van der Waals surface area contributed by atoms with E-state index in [1.165, 1.54) is 0 Å². The third-order valence-electron chi connectivity index (χ3n) is 1.68. The first kappa shape index (κ1) is 10.2. The molecule has 0 radical (unpaired) electrons. The largest absolute Gasteiger partial charge is 0.328 e. The summed E-state index contributed by atoms with van der Waals surface area (Å²) in [7, 11) is -2.66. The van der Waals surface area contributed by atoms with Gasteiger partial charge < -0.3 is 5.73 Å². The van der Waals surface area contributed by atoms with Crippen molar-refractivity contribution in [3.05, 3.63) is 0 Å². The Labute approximate surface area is 67.3 Å². The van der Waals surface area contributed by atoms with Gasteiger partial charge in [0, 0.05) is 12.0 Å². The molecule has 1 heterocycles. The minimum atomic E-state index is -2.66. The summed E-state index contributed by atoms with van der Waals surface area (Å²) in [5.74, 6) is 0.810. The maximum atomic E-state index is 10.5. The normalized spacial score (nSPS) is 26.2. The fourth-order valence-electron chi connectivity index (χ4n) is 0.907. The molecule has 3 nitrogen and oxygen atoms in total. The molecule has 1 unspecified atom stereocenters. The molecule has 0 aliphatic carbocycles. The van der Waals surface area contributed by atoms with Crippen LogP contribution in [0.2, 0.25) is 0 Å². The lowest BCUT2D eigenvalue weighted by atomic mass is 10.1. The maximum Gasteiger partial charge on any atom is 0.151 e. The molecule has 1 saturated heterocycles. The van der Waals surface area contributed by atoms with Crippen molar-refractivity contribution < 1.29 is 8.42 Å². The molecule has 1 atom stereocenters. The lowest BCUT2D eigenvalue weighted by molar-refractivity contribution is 0.467. The van der Waals surface area contributed by atoms with E-state index >= 15 is 0 Å². The predicted octanol–water partition coefficient (Wildman–Crippen LogP) is -0.200. The molecule has 0 saturated carbocycles. The van der Waals surface area contributed by atoms with Gasteiger partial charge in [0.15, 0.2) is 9.84 Å². The smallest absolute Gasteiger partial charge is 0.151 e. The Hall–Kier alpha value is 0.200. The van der Waals surface area contributed by atoms with Gasteiger partial charge in [0.2, 0.25) is 0 Å². The standard InChI is InChI=1S/C5H11NO2S.ClH/c1-4(6)5-2-9(7,8)3-5;/h4-5H,2-3,6H2,1H3;1H. The van der Waals surface area contributed by atoms with E-state index in [4.69, 9.17) is 5.73 Å². The predicted molar refractivity (Wildman–Crippen MR) is 43.0 cm³/mol. The van der Waals surface area contributed by atoms with Crippen LogP contribution < -0.4 is 5.73 Å². The molecule has 1 fully saturated rings. The highest BCUT2D eigenvalue weighted by Gasteiger charge is 2.35. The van der Waals surface area contributed by atoms with E-state index in [9.17, 15) is 8.42 Å². The average Bonchev–Trinajstić information content (AvgIpc) is 1.59. The van der Waals surface area contributed by atoms with Crippen LogP contribution in [-0.2, 0) is 9.84 Å². The summed E-state index contributed by atoms with van der Waals surface area (Å²) in [6.07, 6.45) is 0. The van der Waals surface area contributed by atoms with Crippen molar-refractivity contribution in [2.45, 2.75) is 13.0 Å². The van der Waals surface area contributed by atoms with Crippen LogP contribution >= 0.6 is 12.4 Å². The molecule has 2 N–H and O–H groups in total. The lowest BCUT2D eigenvalue weighted by Crippen LogP contribution is -2.46. The zero-order chi connectivity index (χ0) is 7.07. The van der Waals surface area contributed by atoms with Gasteiger partial charge in [0.25, 0.3) is 0 Å². The van der Waals surface area contributed by atoms with E-state index in [0.717, 1.165) is 0 Å². The number of sulfone groups is 1. The third-order valence-corrected chi connectivity index (χ3v) is 3.55. The van der Waals surface area contributed by atoms with Crippen molar-refractivity contribution >= 4 is 22.2 Å². The number of hydrogen-bond acceptors (Lipinski definition) is 3. The first-order valence-electron chi connectivity index (χ1n) is 2.97. The first-order valence-corrected chi connectivity index (χ1v) is 4.79. The van der Waals surface area contributed by atoms with Crippen molar-refractivity contribution in [2.24, 2.45) is 11.7 Å². The van der Waals surface area contributed by atoms with Crippen molar-refractivity contribution in [3.63, 3.8) is 0 Å². The fourth-order valence-corrected chi connectivity index (χ4v) is 2.72. The zero-order valence-corrected chi connectivity index (χ0v) is 7.41. The van der Waals surface area contributed by atoms with Crippen LogP contribution in [0.15, 0.2) is 0 Å². The molecule has 0 aromatic heterocycles. The molecule has 0 amide bonds. The summed E-state index contributed by atoms with van der Waals surface area (Å²) in [4.78, 5) is 0. The molecule has 1 aliphatic rings. The molecule has 0 aromatic carbocycles. The van der Waals surface area contributed by atoms with Crippen LogP contribution in [0, 0.1) is 5.92 Å². The maximum absolute atomic E-state index is 10.5. The molecular weight excluding hydrogens is 174 g/mol. The molecule has 5 heteroatoms. The highest BCUT2D eigenvalue weighted by atomic mass is 35.5. The summed E-state index contributed by atoms with van der Waals surface area (Å²) in [5.41, 5.74) is 5.45. The summed E-state index contributed by atoms with van der Waals surface area (Å²) in [6, 6.07) is 0.0357. The Morgan fingerprint density at radius 3 is 2.00 bits per heavy atom. The van der Waals surface area contributed by atoms with Crippen molar-refractivity contribution in [1.82, 2.24) is 0 Å². The van der Waals surface area contributed by atoms with Gasteiger partial charge in [-0.25, -0.2) is 8.42 Å². The highest BCUT2D eigenvalue weighted by molar-refractivity contribution is 7.92. The fraction of sp³-hybridized carbons (Fsp3) is 1.00. The lowest BCUT2D eigenvalue weighted by Gasteiger charge is -2.28. The monoisotopic (exact) mass is 185 g/mol. The molecule has 62 valence electrons. The second-order valence-corrected chi connectivity index (χ2v) is 4.85. The number of rotatable bonds is 1. The van der Waals surface area contributed by atoms with Gasteiger partial charge in [-0.3, -0.25) is 0 Å². The Morgan fingerprint density at radius 2 is 1.90 bits per heavy atom. The summed E-state index contributed by atoms with van der Waals surface area (Å²) in [6.45, 7) is 1.85. The van der Waals surface area contributed by atoms with E-state index < -0.39 is 9.84 Å². The minimum Gasteiger partial charge on any atom is -0.328 e. The number of halogens is 1. The Bertz CT molecular complexity index is 188. The van der Waals surface area contributed by atoms with Crippen LogP contribution in [-0.4, -0.2) is 26.0 Å². The van der Waals surface area contributed by atoms with Gasteiger partial charge in [-0.15, -0.1) is 12.4 Å². The van der Waals surface area contributed by atoms with Gasteiger partial charge in [-0.2, -0.15) is 0 Å². The van der Waals surface area contributed by atoms with E-state index in [0.29, 0.717) is 11.5 Å². The zero-order valence-electron chi connectivity index (χ0n) is 5.78. The van der Waals surface area contributed by atoms with Crippen molar-refractivity contribution in [1.29, 1.82) is 0 Å². The highest BCUT2D eigenvalue weighted by Crippen LogP contribution is 2.19. The van der Waals surface area contributed by atoms with Crippen LogP contribution in [0.25, 0.3) is 0 Å². The van der Waals surface area contributed by atoms with E-state index in [1.54, 1.807) is 0 Å². The molecule has 0 spiro atoms. The van der Waals surface area contributed by atoms with E-state index in [-0.39, 0.29) is 24.4 Å². The van der Waals surface area contributed by atoms with Gasteiger partial charge in [0.1, 0.15) is 0 Å². The Kier molecular flexibility index (Phi) is 3.13. The van der Waals surface area contributed by atoms with Gasteiger partial charge in [-0.1, -0.05) is 0 Å². The minimum absolute atomic E-state index is 0. The average molecular weight is 186 g/mol. The third kappa shape index (κ3) is 2.11. The Balaban J connectivity index is 0.000000810. The molecular formula is C5H12ClNO2S. The van der Waals surface area contributed by atoms with Crippen molar-refractivity contribution in [2.75, 3.05) is 11.5 Å². The molecule has 1 aliphatic heterocycles. The Morgan fingerprint density at radius 1 is 1.50 bits per heavy atom. The summed E-state index contributed by atoms with van der Waals surface area (Å²) < 4.78 is 21.1. The van der Waals surface area contributed by atoms with Crippen LogP contribution in [0.4, 0.5) is 0 Å². The molecule has 0 bridgehead atoms. The van der Waals surface area contributed by atoms with Crippen molar-refractivity contribution in [3.8, 4) is 0 Å². The van der Waals surface area contributed by atoms with Crippen LogP contribution in [0.5, 0.6) is 0 Å². The van der Waals surface area contributed by atoms with E-state index in [1.807, 2.05) is 6.92 Å². The first-order chi connectivity index (χ1) is 4.01. The summed E-state index contributed by atoms with van der Waals surface area (Å²) in [5, 5.41) is 0. The van der Waals surface area contributed by atoms with Gasteiger partial charge in [-0.05, 0) is 6.92 Å². The number of nitrogens with two attached hydrogens (primary N) is 1. The topological polar surface area (TPSA) is 60.2 Å². The quantitative estimate of drug-likeness (QED) is 0.616. The molecule has 0 aromatic rings. The van der Waals surface area contributed by atoms with E-state index in [2.05, 4.69) is 0 Å². The second-order valence-electron chi connectivity index (χ2n) is 2.70. The SMILES string of the molecule is CC(N)C1CS(=O)(=O)C1.Cl. The summed E-state index contributed by atoms with van der Waals surface area (Å²) >= 11 is 0.